The summed E-state index contributed by atoms with van der Waals surface area (Å²) in [6.07, 6.45) is 3.19. The summed E-state index contributed by atoms with van der Waals surface area (Å²) in [5, 5.41) is 17.6. The average molecular weight is 673 g/mol. The number of hydrogen-bond donors (Lipinski definition) is 0. The van der Waals surface area contributed by atoms with Gasteiger partial charge in [0.25, 0.3) is 0 Å². The molecular weight excluding hydrogens is 643 g/mol. The Morgan fingerprint density at radius 1 is 0.921 bits per heavy atom. The minimum Gasteiger partial charge on any atom is -0.859 e. The molecule has 0 amide bonds. The van der Waals surface area contributed by atoms with Crippen LogP contribution in [0, 0.1) is 36.3 Å². The number of aromatic nitrogens is 1. The molecule has 193 valence electrons. The molecule has 0 spiro atoms. The monoisotopic (exact) mass is 673 g/mol. The number of rotatable bonds is 2. The summed E-state index contributed by atoms with van der Waals surface area (Å²) in [5.41, 5.74) is 9.55. The first-order chi connectivity index (χ1) is 17.9. The van der Waals surface area contributed by atoms with Gasteiger partial charge in [0.1, 0.15) is 0 Å². The van der Waals surface area contributed by atoms with Crippen molar-refractivity contribution in [2.45, 2.75) is 34.1 Å². The fourth-order valence-electron chi connectivity index (χ4n) is 4.42. The molecule has 0 bridgehead atoms. The third kappa shape index (κ3) is 6.50. The zero-order chi connectivity index (χ0) is 26.4. The standard InChI is InChI=1S/C16H16N.C10H7N.C8H7N.Ir/c1-11-7-6-10-16-15-9-5-4-8-14(15)12(2)13(3)17(11)16;11-7-9-3-1-2-4-10(9)8-5-6-8;1-7(9)8-5-3-2-4-6-8;/h4-10H,1-3H3;1-5H,6H2;2-5H,1H3;/q-1;;-2;. The van der Waals surface area contributed by atoms with E-state index in [9.17, 15) is 0 Å². The van der Waals surface area contributed by atoms with Crippen LogP contribution in [-0.4, -0.2) is 5.71 Å². The Bertz CT molecular complexity index is 1480. The number of hydrogen-bond acceptors (Lipinski definition) is 1. The SMILES string of the molecule is CC(=[N-])c1[c-]cccc1.Cc1cccc2[n+]1[C-](C)[C-](C)c1ccccc1-2.N#Cc1ccccc1C1=CC1.[Ir]. The van der Waals surface area contributed by atoms with Gasteiger partial charge in [-0.1, -0.05) is 62.4 Å². The molecule has 0 fully saturated rings. The summed E-state index contributed by atoms with van der Waals surface area (Å²) in [6.45, 7) is 8.21. The van der Waals surface area contributed by atoms with Crippen LogP contribution in [0.3, 0.4) is 0 Å². The van der Waals surface area contributed by atoms with Crippen molar-refractivity contribution >= 4 is 11.3 Å². The second-order valence-corrected chi connectivity index (χ2v) is 9.10. The summed E-state index contributed by atoms with van der Waals surface area (Å²) in [5.74, 6) is 1.37. The minimum absolute atomic E-state index is 0. The first kappa shape index (κ1) is 28.7. The third-order valence-electron chi connectivity index (χ3n) is 6.57. The van der Waals surface area contributed by atoms with E-state index in [1.54, 1.807) is 13.0 Å². The number of allylic oxidation sites excluding steroid dienone is 2. The molecule has 1 aromatic heterocycles. The zero-order valence-electron chi connectivity index (χ0n) is 22.1. The van der Waals surface area contributed by atoms with Crippen LogP contribution in [0.2, 0.25) is 0 Å². The van der Waals surface area contributed by atoms with Gasteiger partial charge in [0.05, 0.1) is 23.0 Å². The van der Waals surface area contributed by atoms with Crippen LogP contribution in [0.15, 0.2) is 97.1 Å². The average Bonchev–Trinajstić information content (AvgIpc) is 3.78. The zero-order valence-corrected chi connectivity index (χ0v) is 24.5. The number of aryl methyl sites for hydroxylation is 1. The van der Waals surface area contributed by atoms with Crippen molar-refractivity contribution in [1.82, 2.24) is 0 Å². The van der Waals surface area contributed by atoms with Crippen molar-refractivity contribution in [2.75, 3.05) is 0 Å². The van der Waals surface area contributed by atoms with Gasteiger partial charge in [-0.15, -0.1) is 53.9 Å². The summed E-state index contributed by atoms with van der Waals surface area (Å²) in [7, 11) is 0. The maximum Gasteiger partial charge on any atom is 0.0998 e. The van der Waals surface area contributed by atoms with Crippen LogP contribution >= 0.6 is 0 Å². The van der Waals surface area contributed by atoms with E-state index in [1.807, 2.05) is 42.5 Å². The maximum absolute atomic E-state index is 8.91. The Morgan fingerprint density at radius 3 is 2.18 bits per heavy atom. The van der Waals surface area contributed by atoms with E-state index in [0.29, 0.717) is 5.71 Å². The summed E-state index contributed by atoms with van der Waals surface area (Å²) >= 11 is 0. The van der Waals surface area contributed by atoms with Gasteiger partial charge in [0.2, 0.25) is 0 Å². The van der Waals surface area contributed by atoms with Crippen molar-refractivity contribution in [3.05, 3.63) is 148 Å². The molecule has 1 aliphatic heterocycles. The van der Waals surface area contributed by atoms with E-state index in [1.165, 1.54) is 40.0 Å². The van der Waals surface area contributed by atoms with E-state index in [2.05, 4.69) is 86.0 Å². The molecule has 2 aliphatic rings. The Hall–Kier alpha value is -3.90. The molecule has 6 rings (SSSR count). The van der Waals surface area contributed by atoms with Crippen molar-refractivity contribution < 1.29 is 24.7 Å². The predicted molar refractivity (Wildman–Crippen MR) is 151 cm³/mol. The number of nitriles is 1. The van der Waals surface area contributed by atoms with Crippen LogP contribution in [0.4, 0.5) is 0 Å². The van der Waals surface area contributed by atoms with Crippen molar-refractivity contribution in [1.29, 1.82) is 5.26 Å². The Labute approximate surface area is 240 Å². The van der Waals surface area contributed by atoms with E-state index >= 15 is 0 Å². The topological polar surface area (TPSA) is 50.0 Å². The van der Waals surface area contributed by atoms with E-state index < -0.39 is 0 Å². The van der Waals surface area contributed by atoms with E-state index in [-0.39, 0.29) is 20.1 Å². The third-order valence-corrected chi connectivity index (χ3v) is 6.57. The van der Waals surface area contributed by atoms with Gasteiger partial charge < -0.3 is 9.98 Å². The summed E-state index contributed by atoms with van der Waals surface area (Å²) in [6, 6.07) is 36.5. The number of fused-ring (bicyclic) bond motifs is 3. The van der Waals surface area contributed by atoms with Gasteiger partial charge in [-0.3, -0.25) is 5.71 Å². The number of pyridine rings is 1. The molecular formula is C34H30IrN3-3. The van der Waals surface area contributed by atoms with Gasteiger partial charge >= 0.3 is 0 Å². The predicted octanol–water partition coefficient (Wildman–Crippen LogP) is 7.51. The van der Waals surface area contributed by atoms with E-state index in [4.69, 9.17) is 10.7 Å². The molecule has 0 N–H and O–H groups in total. The Balaban J connectivity index is 0.000000166. The largest absolute Gasteiger partial charge is 0.859 e. The van der Waals surface area contributed by atoms with Crippen LogP contribution in [0.1, 0.15) is 55.1 Å². The molecule has 4 heteroatoms. The quantitative estimate of drug-likeness (QED) is 0.124. The molecule has 3 aromatic carbocycles. The van der Waals surface area contributed by atoms with Crippen molar-refractivity contribution in [2.24, 2.45) is 0 Å². The van der Waals surface area contributed by atoms with E-state index in [0.717, 1.165) is 23.1 Å². The van der Waals surface area contributed by atoms with Crippen LogP contribution in [0.5, 0.6) is 0 Å². The fourth-order valence-corrected chi connectivity index (χ4v) is 4.42. The Kier molecular flexibility index (Phi) is 9.85. The van der Waals surface area contributed by atoms with Crippen LogP contribution < -0.4 is 4.57 Å². The molecule has 0 atom stereocenters. The minimum atomic E-state index is 0. The van der Waals surface area contributed by atoms with Gasteiger partial charge in [0, 0.05) is 26.1 Å². The Morgan fingerprint density at radius 2 is 1.58 bits per heavy atom. The maximum atomic E-state index is 8.91. The smallest absolute Gasteiger partial charge is 0.0998 e. The van der Waals surface area contributed by atoms with Gasteiger partial charge in [-0.05, 0) is 37.5 Å². The molecule has 3 nitrogen and oxygen atoms in total. The van der Waals surface area contributed by atoms with Crippen molar-refractivity contribution in [3.8, 4) is 17.3 Å². The van der Waals surface area contributed by atoms with Crippen molar-refractivity contribution in [3.63, 3.8) is 0 Å². The van der Waals surface area contributed by atoms with Gasteiger partial charge in [0.15, 0.2) is 0 Å². The second-order valence-electron chi connectivity index (χ2n) is 9.10. The fraction of sp³-hybridized carbons (Fsp3) is 0.147. The molecule has 38 heavy (non-hydrogen) atoms. The number of nitrogens with zero attached hydrogens (tertiary/aromatic N) is 3. The molecule has 2 heterocycles. The van der Waals surface area contributed by atoms with Gasteiger partial charge in [-0.2, -0.15) is 22.5 Å². The molecule has 0 saturated heterocycles. The van der Waals surface area contributed by atoms with Crippen LogP contribution in [0.25, 0.3) is 22.2 Å². The first-order valence-electron chi connectivity index (χ1n) is 12.4. The molecule has 1 aliphatic carbocycles. The normalized spacial score (nSPS) is 12.0. The second kappa shape index (κ2) is 13.1. The molecule has 4 aromatic rings. The first-order valence-corrected chi connectivity index (χ1v) is 12.4. The summed E-state index contributed by atoms with van der Waals surface area (Å²) < 4.78 is 2.34. The molecule has 0 saturated carbocycles. The summed E-state index contributed by atoms with van der Waals surface area (Å²) in [4.78, 5) is 0. The van der Waals surface area contributed by atoms with Crippen LogP contribution in [-0.2, 0) is 20.1 Å². The molecule has 0 unspecified atom stereocenters. The number of benzene rings is 3. The molecule has 1 radical (unpaired) electrons. The van der Waals surface area contributed by atoms with Gasteiger partial charge in [-0.25, -0.2) is 0 Å².